The average molecular weight is 514 g/mol. The Hall–Kier alpha value is -3.75. The standard InChI is InChI=1S/C28H23N3O3S2/c1-18-11-13-20(14-12-18)29-23(32)17-31-22-10-6-5-9-21(22)24(26(31)33)25-27(34)30(28(35)36-25)16-15-19-7-3-2-4-8-19/h2-14H,15-17H2,1H3,(H,29,32)/b25-24-. The van der Waals surface area contributed by atoms with Gasteiger partial charge >= 0.3 is 0 Å². The van der Waals surface area contributed by atoms with Crippen LogP contribution in [-0.4, -0.2) is 40.0 Å². The zero-order valence-electron chi connectivity index (χ0n) is 19.6. The molecule has 0 bridgehead atoms. The van der Waals surface area contributed by atoms with Crippen molar-refractivity contribution < 1.29 is 14.4 Å². The highest BCUT2D eigenvalue weighted by Gasteiger charge is 2.42. The second-order valence-corrected chi connectivity index (χ2v) is 10.2. The number of hydrogen-bond donors (Lipinski definition) is 1. The van der Waals surface area contributed by atoms with E-state index in [1.54, 1.807) is 17.0 Å². The Morgan fingerprint density at radius 3 is 2.33 bits per heavy atom. The van der Waals surface area contributed by atoms with E-state index in [-0.39, 0.29) is 24.3 Å². The minimum absolute atomic E-state index is 0.165. The first kappa shape index (κ1) is 24.0. The Morgan fingerprint density at radius 2 is 1.58 bits per heavy atom. The molecule has 3 aromatic rings. The number of thioether (sulfide) groups is 1. The molecule has 0 spiro atoms. The molecule has 0 aliphatic carbocycles. The summed E-state index contributed by atoms with van der Waals surface area (Å²) in [5.41, 5.74) is 4.38. The number of amides is 3. The Morgan fingerprint density at radius 1 is 0.889 bits per heavy atom. The normalized spacial score (nSPS) is 17.1. The van der Waals surface area contributed by atoms with Crippen LogP contribution in [0, 0.1) is 6.92 Å². The van der Waals surface area contributed by atoms with Crippen LogP contribution >= 0.6 is 24.0 Å². The Balaban J connectivity index is 1.39. The van der Waals surface area contributed by atoms with Gasteiger partial charge in [0, 0.05) is 17.8 Å². The topological polar surface area (TPSA) is 69.7 Å². The van der Waals surface area contributed by atoms with Crippen molar-refractivity contribution in [2.75, 3.05) is 23.3 Å². The van der Waals surface area contributed by atoms with E-state index in [1.165, 1.54) is 4.90 Å². The number of fused-ring (bicyclic) bond motifs is 1. The molecule has 0 saturated carbocycles. The molecule has 1 N–H and O–H groups in total. The van der Waals surface area contributed by atoms with E-state index in [2.05, 4.69) is 5.32 Å². The van der Waals surface area contributed by atoms with Gasteiger partial charge in [-0.3, -0.25) is 24.2 Å². The zero-order chi connectivity index (χ0) is 25.2. The van der Waals surface area contributed by atoms with Crippen LogP contribution in [0.5, 0.6) is 0 Å². The van der Waals surface area contributed by atoms with Gasteiger partial charge in [-0.1, -0.05) is 90.2 Å². The number of benzene rings is 3. The monoisotopic (exact) mass is 513 g/mol. The largest absolute Gasteiger partial charge is 0.325 e. The van der Waals surface area contributed by atoms with E-state index in [1.807, 2.05) is 73.7 Å². The van der Waals surface area contributed by atoms with Crippen LogP contribution in [-0.2, 0) is 20.8 Å². The van der Waals surface area contributed by atoms with E-state index in [9.17, 15) is 14.4 Å². The number of carbonyl (C=O) groups excluding carboxylic acids is 3. The lowest BCUT2D eigenvalue weighted by Crippen LogP contribution is -2.35. The summed E-state index contributed by atoms with van der Waals surface area (Å²) >= 11 is 6.65. The summed E-state index contributed by atoms with van der Waals surface area (Å²) in [4.78, 5) is 43.1. The van der Waals surface area contributed by atoms with Crippen LogP contribution in [0.25, 0.3) is 5.57 Å². The van der Waals surface area contributed by atoms with E-state index in [0.717, 1.165) is 22.9 Å². The predicted molar refractivity (Wildman–Crippen MR) is 148 cm³/mol. The van der Waals surface area contributed by atoms with Gasteiger partial charge in [0.15, 0.2) is 0 Å². The second kappa shape index (κ2) is 10.1. The van der Waals surface area contributed by atoms with Crippen molar-refractivity contribution in [2.45, 2.75) is 13.3 Å². The fourth-order valence-corrected chi connectivity index (χ4v) is 5.65. The van der Waals surface area contributed by atoms with Crippen LogP contribution in [0.1, 0.15) is 16.7 Å². The Labute approximate surface area is 219 Å². The van der Waals surface area contributed by atoms with Gasteiger partial charge in [-0.05, 0) is 37.1 Å². The van der Waals surface area contributed by atoms with Gasteiger partial charge in [0.1, 0.15) is 10.9 Å². The lowest BCUT2D eigenvalue weighted by atomic mass is 10.1. The molecule has 2 aliphatic rings. The molecule has 3 amide bonds. The highest BCUT2D eigenvalue weighted by atomic mass is 32.2. The van der Waals surface area contributed by atoms with Crippen molar-refractivity contribution in [1.29, 1.82) is 0 Å². The van der Waals surface area contributed by atoms with Crippen LogP contribution in [0.15, 0.2) is 83.8 Å². The third-order valence-electron chi connectivity index (χ3n) is 6.10. The van der Waals surface area contributed by atoms with E-state index >= 15 is 0 Å². The number of anilines is 2. The molecule has 3 aromatic carbocycles. The smallest absolute Gasteiger partial charge is 0.267 e. The van der Waals surface area contributed by atoms with Crippen molar-refractivity contribution >= 4 is 63.0 Å². The van der Waals surface area contributed by atoms with E-state index in [4.69, 9.17) is 12.2 Å². The number of aryl methyl sites for hydroxylation is 1. The molecule has 1 saturated heterocycles. The zero-order valence-corrected chi connectivity index (χ0v) is 21.2. The second-order valence-electron chi connectivity index (χ2n) is 8.59. The number of carbonyl (C=O) groups is 3. The molecule has 36 heavy (non-hydrogen) atoms. The lowest BCUT2D eigenvalue weighted by molar-refractivity contribution is -0.122. The maximum atomic E-state index is 13.6. The molecule has 2 heterocycles. The van der Waals surface area contributed by atoms with Gasteiger partial charge in [0.25, 0.3) is 11.8 Å². The average Bonchev–Trinajstić information content (AvgIpc) is 3.31. The number of thiocarbonyl (C=S) groups is 1. The molecule has 1 fully saturated rings. The summed E-state index contributed by atoms with van der Waals surface area (Å²) in [5, 5.41) is 2.84. The minimum Gasteiger partial charge on any atom is -0.325 e. The third kappa shape index (κ3) is 4.69. The van der Waals surface area contributed by atoms with Gasteiger partial charge in [-0.2, -0.15) is 0 Å². The molecule has 8 heteroatoms. The van der Waals surface area contributed by atoms with Gasteiger partial charge < -0.3 is 5.32 Å². The van der Waals surface area contributed by atoms with Crippen LogP contribution in [0.2, 0.25) is 0 Å². The summed E-state index contributed by atoms with van der Waals surface area (Å²) in [6.45, 7) is 2.24. The van der Waals surface area contributed by atoms with E-state index in [0.29, 0.717) is 44.7 Å². The summed E-state index contributed by atoms with van der Waals surface area (Å²) in [7, 11) is 0. The van der Waals surface area contributed by atoms with Crippen molar-refractivity contribution in [1.82, 2.24) is 4.90 Å². The van der Waals surface area contributed by atoms with Crippen LogP contribution < -0.4 is 10.2 Å². The SMILES string of the molecule is Cc1ccc(NC(=O)CN2C(=O)/C(=C3\SC(=S)N(CCc4ccccc4)C3=O)c3ccccc32)cc1. The van der Waals surface area contributed by atoms with Gasteiger partial charge in [0.05, 0.1) is 16.2 Å². The molecule has 0 radical (unpaired) electrons. The first-order valence-electron chi connectivity index (χ1n) is 11.5. The first-order chi connectivity index (χ1) is 17.4. The van der Waals surface area contributed by atoms with Crippen molar-refractivity contribution in [3.8, 4) is 0 Å². The predicted octanol–water partition coefficient (Wildman–Crippen LogP) is 4.79. The van der Waals surface area contributed by atoms with Crippen molar-refractivity contribution in [3.63, 3.8) is 0 Å². The molecule has 2 aliphatic heterocycles. The molecule has 0 atom stereocenters. The first-order valence-corrected chi connectivity index (χ1v) is 12.7. The fourth-order valence-electron chi connectivity index (χ4n) is 4.27. The molecule has 6 nitrogen and oxygen atoms in total. The van der Waals surface area contributed by atoms with Gasteiger partial charge in [-0.25, -0.2) is 0 Å². The molecule has 0 unspecified atom stereocenters. The minimum atomic E-state index is -0.376. The lowest BCUT2D eigenvalue weighted by Gasteiger charge is -2.17. The molecule has 5 rings (SSSR count). The van der Waals surface area contributed by atoms with Crippen LogP contribution in [0.3, 0.4) is 0 Å². The molecule has 0 aromatic heterocycles. The maximum Gasteiger partial charge on any atom is 0.267 e. The van der Waals surface area contributed by atoms with Crippen LogP contribution in [0.4, 0.5) is 11.4 Å². The highest BCUT2D eigenvalue weighted by Crippen LogP contribution is 2.44. The summed E-state index contributed by atoms with van der Waals surface area (Å²) < 4.78 is 0.430. The molecular weight excluding hydrogens is 490 g/mol. The number of rotatable bonds is 6. The van der Waals surface area contributed by atoms with Crippen molar-refractivity contribution in [3.05, 3.63) is 100 Å². The quantitative estimate of drug-likeness (QED) is 0.379. The molecule has 180 valence electrons. The summed E-state index contributed by atoms with van der Waals surface area (Å²) in [6, 6.07) is 24.5. The maximum absolute atomic E-state index is 13.6. The fraction of sp³-hybridized carbons (Fsp3) is 0.143. The van der Waals surface area contributed by atoms with E-state index < -0.39 is 0 Å². The number of nitrogens with one attached hydrogen (secondary N) is 1. The van der Waals surface area contributed by atoms with Gasteiger partial charge in [0.2, 0.25) is 5.91 Å². The third-order valence-corrected chi connectivity index (χ3v) is 7.55. The van der Waals surface area contributed by atoms with Crippen molar-refractivity contribution in [2.24, 2.45) is 0 Å². The number of nitrogens with zero attached hydrogens (tertiary/aromatic N) is 2. The Kier molecular flexibility index (Phi) is 6.71. The number of hydrogen-bond acceptors (Lipinski definition) is 5. The highest BCUT2D eigenvalue weighted by molar-refractivity contribution is 8.26. The summed E-state index contributed by atoms with van der Waals surface area (Å²) in [5.74, 6) is -0.970. The number of para-hydroxylation sites is 1. The van der Waals surface area contributed by atoms with Gasteiger partial charge in [-0.15, -0.1) is 0 Å². The summed E-state index contributed by atoms with van der Waals surface area (Å²) in [6.07, 6.45) is 0.658. The molecular formula is C28H23N3O3S2. The Bertz CT molecular complexity index is 1400.